The Bertz CT molecular complexity index is 920. The number of hydrogen-bond acceptors (Lipinski definition) is 3. The number of fused-ring (bicyclic) bond motifs is 1. The van der Waals surface area contributed by atoms with Gasteiger partial charge in [-0.15, -0.1) is 0 Å². The first kappa shape index (κ1) is 18.6. The second kappa shape index (κ2) is 7.61. The highest BCUT2D eigenvalue weighted by molar-refractivity contribution is 5.96. The number of rotatable bonds is 4. The van der Waals surface area contributed by atoms with Gasteiger partial charge in [-0.2, -0.15) is 0 Å². The van der Waals surface area contributed by atoms with Crippen LogP contribution in [-0.4, -0.2) is 40.9 Å². The fraction of sp³-hybridized carbons (Fsp3) is 0.286. The van der Waals surface area contributed by atoms with Crippen molar-refractivity contribution in [3.05, 3.63) is 69.8 Å². The van der Waals surface area contributed by atoms with E-state index < -0.39 is 5.97 Å². The molecule has 0 saturated carbocycles. The van der Waals surface area contributed by atoms with E-state index >= 15 is 0 Å². The molecule has 0 aliphatic carbocycles. The van der Waals surface area contributed by atoms with Crippen LogP contribution in [0.4, 0.5) is 0 Å². The van der Waals surface area contributed by atoms with Gasteiger partial charge in [-0.05, 0) is 66.8 Å². The number of nitrogens with one attached hydrogen (secondary N) is 1. The molecule has 0 radical (unpaired) electrons. The van der Waals surface area contributed by atoms with E-state index in [4.69, 9.17) is 5.11 Å². The van der Waals surface area contributed by atoms with Crippen molar-refractivity contribution in [1.29, 1.82) is 0 Å². The highest BCUT2D eigenvalue weighted by Gasteiger charge is 2.22. The van der Waals surface area contributed by atoms with E-state index in [1.54, 1.807) is 29.2 Å². The van der Waals surface area contributed by atoms with Crippen LogP contribution in [0.25, 0.3) is 0 Å². The van der Waals surface area contributed by atoms with Gasteiger partial charge in [0.2, 0.25) is 5.91 Å². The van der Waals surface area contributed by atoms with Crippen molar-refractivity contribution in [3.8, 4) is 0 Å². The molecule has 2 N–H and O–H groups in total. The van der Waals surface area contributed by atoms with E-state index in [2.05, 4.69) is 5.32 Å². The summed E-state index contributed by atoms with van der Waals surface area (Å²) in [5.74, 6) is -1.45. The summed E-state index contributed by atoms with van der Waals surface area (Å²) >= 11 is 0. The molecule has 0 aromatic heterocycles. The van der Waals surface area contributed by atoms with Gasteiger partial charge in [0.1, 0.15) is 0 Å². The van der Waals surface area contributed by atoms with Crippen LogP contribution in [0, 0.1) is 13.8 Å². The first-order chi connectivity index (χ1) is 12.8. The van der Waals surface area contributed by atoms with Crippen LogP contribution in [0.3, 0.4) is 0 Å². The topological polar surface area (TPSA) is 86.7 Å². The summed E-state index contributed by atoms with van der Waals surface area (Å²) in [6.07, 6.45) is 0.673. The Hall–Kier alpha value is -3.15. The van der Waals surface area contributed by atoms with Gasteiger partial charge in [-0.3, -0.25) is 9.59 Å². The zero-order chi connectivity index (χ0) is 19.6. The average Bonchev–Trinajstić information content (AvgIpc) is 2.66. The minimum atomic E-state index is -0.984. The number of hydrogen-bond donors (Lipinski definition) is 2. The maximum atomic E-state index is 12.5. The number of carboxylic acids is 1. The van der Waals surface area contributed by atoms with Crippen LogP contribution in [0.5, 0.6) is 0 Å². The summed E-state index contributed by atoms with van der Waals surface area (Å²) in [6, 6.07) is 10.4. The van der Waals surface area contributed by atoms with Gasteiger partial charge in [-0.25, -0.2) is 4.79 Å². The second-order valence-electron chi connectivity index (χ2n) is 6.84. The van der Waals surface area contributed by atoms with Crippen LogP contribution in [0.1, 0.15) is 43.0 Å². The van der Waals surface area contributed by atoms with Crippen molar-refractivity contribution < 1.29 is 19.5 Å². The molecule has 1 aliphatic rings. The minimum absolute atomic E-state index is 0.0836. The predicted molar refractivity (Wildman–Crippen MR) is 101 cm³/mol. The zero-order valence-electron chi connectivity index (χ0n) is 15.4. The Labute approximate surface area is 157 Å². The Balaban J connectivity index is 1.62. The number of aryl methyl sites for hydroxylation is 2. The van der Waals surface area contributed by atoms with Crippen LogP contribution in [-0.2, 0) is 17.8 Å². The largest absolute Gasteiger partial charge is 0.478 e. The minimum Gasteiger partial charge on any atom is -0.478 e. The van der Waals surface area contributed by atoms with E-state index in [9.17, 15) is 14.4 Å². The molecule has 6 nitrogen and oxygen atoms in total. The molecular formula is C21H22N2O4. The fourth-order valence-electron chi connectivity index (χ4n) is 3.16. The Morgan fingerprint density at radius 2 is 1.74 bits per heavy atom. The third kappa shape index (κ3) is 4.16. The highest BCUT2D eigenvalue weighted by Crippen LogP contribution is 2.20. The molecule has 6 heteroatoms. The van der Waals surface area contributed by atoms with Gasteiger partial charge < -0.3 is 15.3 Å². The lowest BCUT2D eigenvalue weighted by atomic mass is 9.97. The SMILES string of the molecule is Cc1ccc(C(=O)NCC(=O)N2CCc3ccc(C(=O)O)cc3C2)cc1C. The lowest BCUT2D eigenvalue weighted by Crippen LogP contribution is -2.42. The number of nitrogens with zero attached hydrogens (tertiary/aromatic N) is 1. The molecular weight excluding hydrogens is 344 g/mol. The molecule has 0 bridgehead atoms. The van der Waals surface area contributed by atoms with Crippen LogP contribution in [0.15, 0.2) is 36.4 Å². The number of benzene rings is 2. The van der Waals surface area contributed by atoms with Crippen molar-refractivity contribution in [2.45, 2.75) is 26.8 Å². The Morgan fingerprint density at radius 1 is 1.00 bits per heavy atom. The first-order valence-corrected chi connectivity index (χ1v) is 8.83. The summed E-state index contributed by atoms with van der Waals surface area (Å²) in [5.41, 5.74) is 4.77. The third-order valence-corrected chi connectivity index (χ3v) is 4.99. The van der Waals surface area contributed by atoms with E-state index in [-0.39, 0.29) is 23.9 Å². The molecule has 0 unspecified atom stereocenters. The van der Waals surface area contributed by atoms with E-state index in [1.165, 1.54) is 0 Å². The van der Waals surface area contributed by atoms with Crippen LogP contribution < -0.4 is 5.32 Å². The average molecular weight is 366 g/mol. The fourth-order valence-corrected chi connectivity index (χ4v) is 3.16. The molecule has 2 aromatic rings. The number of aromatic carboxylic acids is 1. The molecule has 1 aliphatic heterocycles. The van der Waals surface area contributed by atoms with E-state index in [1.807, 2.05) is 26.0 Å². The summed E-state index contributed by atoms with van der Waals surface area (Å²) in [5, 5.41) is 11.8. The molecule has 0 saturated heterocycles. The Kier molecular flexibility index (Phi) is 5.26. The zero-order valence-corrected chi connectivity index (χ0v) is 15.4. The number of amides is 2. The van der Waals surface area contributed by atoms with Crippen molar-refractivity contribution in [3.63, 3.8) is 0 Å². The van der Waals surface area contributed by atoms with Gasteiger partial charge in [-0.1, -0.05) is 12.1 Å². The van der Waals surface area contributed by atoms with Gasteiger partial charge >= 0.3 is 5.97 Å². The lowest BCUT2D eigenvalue weighted by molar-refractivity contribution is -0.131. The quantitative estimate of drug-likeness (QED) is 0.869. The van der Waals surface area contributed by atoms with Gasteiger partial charge in [0.15, 0.2) is 0 Å². The van der Waals surface area contributed by atoms with Gasteiger partial charge in [0.05, 0.1) is 12.1 Å². The van der Waals surface area contributed by atoms with Crippen LogP contribution >= 0.6 is 0 Å². The number of carbonyl (C=O) groups excluding carboxylic acids is 2. The molecule has 2 aromatic carbocycles. The standard InChI is InChI=1S/C21H22N2O4/c1-13-3-4-16(9-14(13)2)20(25)22-11-19(24)23-8-7-15-5-6-17(21(26)27)10-18(15)12-23/h3-6,9-10H,7-8,11-12H2,1-2H3,(H,22,25)(H,26,27). The van der Waals surface area contributed by atoms with E-state index in [0.717, 1.165) is 22.3 Å². The summed E-state index contributed by atoms with van der Waals surface area (Å²) in [4.78, 5) is 37.5. The summed E-state index contributed by atoms with van der Waals surface area (Å²) in [6.45, 7) is 4.74. The molecule has 0 atom stereocenters. The monoisotopic (exact) mass is 366 g/mol. The third-order valence-electron chi connectivity index (χ3n) is 4.99. The van der Waals surface area contributed by atoms with Crippen molar-refractivity contribution in [1.82, 2.24) is 10.2 Å². The number of carboxylic acid groups (broad SMARTS) is 1. The van der Waals surface area contributed by atoms with Crippen molar-refractivity contribution in [2.24, 2.45) is 0 Å². The van der Waals surface area contributed by atoms with Gasteiger partial charge in [0, 0.05) is 18.7 Å². The molecule has 1 heterocycles. The smallest absolute Gasteiger partial charge is 0.335 e. The number of carbonyl (C=O) groups is 3. The van der Waals surface area contributed by atoms with E-state index in [0.29, 0.717) is 25.1 Å². The molecule has 0 fully saturated rings. The molecule has 0 spiro atoms. The first-order valence-electron chi connectivity index (χ1n) is 8.83. The lowest BCUT2D eigenvalue weighted by Gasteiger charge is -2.29. The highest BCUT2D eigenvalue weighted by atomic mass is 16.4. The van der Waals surface area contributed by atoms with Crippen molar-refractivity contribution in [2.75, 3.05) is 13.1 Å². The predicted octanol–water partition coefficient (Wildman–Crippen LogP) is 2.32. The van der Waals surface area contributed by atoms with Gasteiger partial charge in [0.25, 0.3) is 5.91 Å². The van der Waals surface area contributed by atoms with Crippen molar-refractivity contribution >= 4 is 17.8 Å². The summed E-state index contributed by atoms with van der Waals surface area (Å²) in [7, 11) is 0. The molecule has 27 heavy (non-hydrogen) atoms. The molecule has 2 amide bonds. The summed E-state index contributed by atoms with van der Waals surface area (Å²) < 4.78 is 0. The molecule has 3 rings (SSSR count). The Morgan fingerprint density at radius 3 is 2.44 bits per heavy atom. The molecule has 140 valence electrons. The second-order valence-corrected chi connectivity index (χ2v) is 6.84. The maximum Gasteiger partial charge on any atom is 0.335 e. The maximum absolute atomic E-state index is 12.5. The normalized spacial score (nSPS) is 13.0. The van der Waals surface area contributed by atoms with Crippen LogP contribution in [0.2, 0.25) is 0 Å².